The number of benzene rings is 1. The summed E-state index contributed by atoms with van der Waals surface area (Å²) in [7, 11) is -4.22. The van der Waals surface area contributed by atoms with Gasteiger partial charge in [0.2, 0.25) is 0 Å². The molecule has 11 heteroatoms. The summed E-state index contributed by atoms with van der Waals surface area (Å²) in [5.74, 6) is -0.733. The molecule has 3 aromatic rings. The van der Waals surface area contributed by atoms with Crippen LogP contribution in [-0.2, 0) is 16.2 Å². The summed E-state index contributed by atoms with van der Waals surface area (Å²) in [6.07, 6.45) is -4.82. The molecule has 0 aliphatic heterocycles. The highest BCUT2D eigenvalue weighted by Crippen LogP contribution is 2.35. The van der Waals surface area contributed by atoms with Gasteiger partial charge in [-0.25, -0.2) is 4.39 Å². The van der Waals surface area contributed by atoms with E-state index in [4.69, 9.17) is 0 Å². The molecule has 0 unspecified atom stereocenters. The van der Waals surface area contributed by atoms with E-state index in [1.807, 2.05) is 4.83 Å². The molecule has 0 spiro atoms. The summed E-state index contributed by atoms with van der Waals surface area (Å²) in [5, 5.41) is 4.68. The second-order valence-electron chi connectivity index (χ2n) is 5.29. The Kier molecular flexibility index (Phi) is 4.53. The molecular formula is C15H11F4N3O2S2. The molecule has 1 N–H and O–H groups in total. The monoisotopic (exact) mass is 405 g/mol. The molecule has 0 amide bonds. The second-order valence-corrected chi connectivity index (χ2v) is 7.83. The Hall–Kier alpha value is -2.40. The van der Waals surface area contributed by atoms with Crippen molar-refractivity contribution in [3.63, 3.8) is 0 Å². The summed E-state index contributed by atoms with van der Waals surface area (Å²) in [5.41, 5.74) is -1.45. The first-order chi connectivity index (χ1) is 12.1. The van der Waals surface area contributed by atoms with Gasteiger partial charge in [0.25, 0.3) is 10.0 Å². The Balaban J connectivity index is 2.12. The minimum Gasteiger partial charge on any atom is -0.205 e. The molecule has 26 heavy (non-hydrogen) atoms. The number of sulfonamides is 1. The Morgan fingerprint density at radius 2 is 1.85 bits per heavy atom. The minimum atomic E-state index is -4.82. The van der Waals surface area contributed by atoms with Gasteiger partial charge in [-0.05, 0) is 36.1 Å². The highest BCUT2D eigenvalue weighted by molar-refractivity contribution is 7.92. The van der Waals surface area contributed by atoms with Gasteiger partial charge in [-0.1, -0.05) is 18.2 Å². The zero-order valence-electron chi connectivity index (χ0n) is 13.1. The number of halogens is 4. The van der Waals surface area contributed by atoms with Crippen molar-refractivity contribution in [1.29, 1.82) is 0 Å². The number of aromatic nitrogens is 2. The number of hydrogen-bond donors (Lipinski definition) is 1. The number of rotatable bonds is 4. The summed E-state index contributed by atoms with van der Waals surface area (Å²) < 4.78 is 78.0. The van der Waals surface area contributed by atoms with E-state index in [0.29, 0.717) is 10.9 Å². The number of alkyl halides is 3. The molecule has 0 saturated carbocycles. The van der Waals surface area contributed by atoms with Crippen LogP contribution >= 0.6 is 11.3 Å². The van der Waals surface area contributed by atoms with Crippen LogP contribution in [0.3, 0.4) is 0 Å². The maximum Gasteiger partial charge on any atom is 0.435 e. The average Bonchev–Trinajstić information content (AvgIpc) is 3.12. The van der Waals surface area contributed by atoms with Gasteiger partial charge in [0, 0.05) is 0 Å². The molecule has 2 heterocycles. The van der Waals surface area contributed by atoms with E-state index >= 15 is 0 Å². The van der Waals surface area contributed by atoms with Crippen molar-refractivity contribution in [1.82, 2.24) is 9.89 Å². The Bertz CT molecular complexity index is 1040. The Morgan fingerprint density at radius 3 is 2.38 bits per heavy atom. The lowest BCUT2D eigenvalue weighted by Crippen LogP contribution is -2.25. The van der Waals surface area contributed by atoms with Gasteiger partial charge in [-0.2, -0.15) is 31.2 Å². The smallest absolute Gasteiger partial charge is 0.205 e. The van der Waals surface area contributed by atoms with Crippen molar-refractivity contribution < 1.29 is 26.0 Å². The second kappa shape index (κ2) is 6.40. The summed E-state index contributed by atoms with van der Waals surface area (Å²) in [4.78, 5) is 2.06. The Morgan fingerprint density at radius 1 is 1.19 bits per heavy atom. The van der Waals surface area contributed by atoms with Crippen LogP contribution in [0.15, 0.2) is 46.7 Å². The van der Waals surface area contributed by atoms with Gasteiger partial charge in [-0.15, -0.1) is 16.4 Å². The topological polar surface area (TPSA) is 64.0 Å². The zero-order chi connectivity index (χ0) is 19.1. The maximum absolute atomic E-state index is 14.2. The van der Waals surface area contributed by atoms with Gasteiger partial charge < -0.3 is 0 Å². The lowest BCUT2D eigenvalue weighted by atomic mass is 10.2. The highest BCUT2D eigenvalue weighted by atomic mass is 32.2. The molecule has 0 aliphatic carbocycles. The van der Waals surface area contributed by atoms with Crippen LogP contribution in [0.4, 0.5) is 17.6 Å². The third kappa shape index (κ3) is 3.44. The van der Waals surface area contributed by atoms with E-state index in [-0.39, 0.29) is 21.0 Å². The molecule has 0 saturated heterocycles. The molecule has 1 aromatic carbocycles. The van der Waals surface area contributed by atoms with Crippen LogP contribution in [0.2, 0.25) is 0 Å². The van der Waals surface area contributed by atoms with Crippen LogP contribution in [0.5, 0.6) is 0 Å². The van der Waals surface area contributed by atoms with Crippen molar-refractivity contribution in [2.24, 2.45) is 0 Å². The van der Waals surface area contributed by atoms with Crippen LogP contribution in [0, 0.1) is 12.7 Å². The van der Waals surface area contributed by atoms with Crippen molar-refractivity contribution in [3.05, 3.63) is 58.9 Å². The summed E-state index contributed by atoms with van der Waals surface area (Å²) in [6.45, 7) is 1.45. The maximum atomic E-state index is 14.2. The normalized spacial score (nSPS) is 12.3. The van der Waals surface area contributed by atoms with Gasteiger partial charge >= 0.3 is 6.18 Å². The van der Waals surface area contributed by atoms with Crippen LogP contribution in [0.1, 0.15) is 11.3 Å². The largest absolute Gasteiger partial charge is 0.435 e. The van der Waals surface area contributed by atoms with Crippen LogP contribution in [0.25, 0.3) is 10.6 Å². The highest BCUT2D eigenvalue weighted by Gasteiger charge is 2.36. The molecule has 2 aromatic heterocycles. The zero-order valence-corrected chi connectivity index (χ0v) is 14.7. The van der Waals surface area contributed by atoms with Crippen LogP contribution < -0.4 is 4.83 Å². The third-order valence-corrected chi connectivity index (χ3v) is 5.79. The fourth-order valence-electron chi connectivity index (χ4n) is 2.12. The molecule has 0 fully saturated rings. The molecule has 0 atom stereocenters. The first kappa shape index (κ1) is 18.4. The van der Waals surface area contributed by atoms with Gasteiger partial charge in [0.1, 0.15) is 11.5 Å². The predicted octanol–water partition coefficient (Wildman–Crippen LogP) is 4.01. The molecule has 3 rings (SSSR count). The number of aryl methyl sites for hydroxylation is 1. The first-order valence-corrected chi connectivity index (χ1v) is 9.45. The van der Waals surface area contributed by atoms with Gasteiger partial charge in [-0.3, -0.25) is 0 Å². The standard InChI is InChI=1S/C15H11F4N3O2S2/c1-9-8-25-14(13(9)16)11-7-12(15(17,18)19)20-22(11)21-26(23,24)10-5-3-2-4-6-10/h2-8,21H,1H3. The summed E-state index contributed by atoms with van der Waals surface area (Å²) >= 11 is 0.851. The van der Waals surface area contributed by atoms with E-state index < -0.39 is 27.7 Å². The first-order valence-electron chi connectivity index (χ1n) is 7.08. The number of thiophene rings is 1. The summed E-state index contributed by atoms with van der Waals surface area (Å²) in [6, 6.07) is 7.65. The van der Waals surface area contributed by atoms with Crippen molar-refractivity contribution in [3.8, 4) is 10.6 Å². The molecule has 5 nitrogen and oxygen atoms in total. The van der Waals surface area contributed by atoms with Crippen molar-refractivity contribution in [2.45, 2.75) is 18.0 Å². The van der Waals surface area contributed by atoms with E-state index in [0.717, 1.165) is 11.3 Å². The van der Waals surface area contributed by atoms with E-state index in [1.54, 1.807) is 6.07 Å². The predicted molar refractivity (Wildman–Crippen MR) is 88.2 cm³/mol. The fourth-order valence-corrected chi connectivity index (χ4v) is 4.04. The lowest BCUT2D eigenvalue weighted by molar-refractivity contribution is -0.141. The third-order valence-electron chi connectivity index (χ3n) is 3.39. The van der Waals surface area contributed by atoms with Crippen molar-refractivity contribution in [2.75, 3.05) is 4.83 Å². The SMILES string of the molecule is Cc1csc(-c2cc(C(F)(F)F)nn2NS(=O)(=O)c2ccccc2)c1F. The van der Waals surface area contributed by atoms with E-state index in [1.165, 1.54) is 36.6 Å². The van der Waals surface area contributed by atoms with E-state index in [9.17, 15) is 26.0 Å². The average molecular weight is 405 g/mol. The number of nitrogens with one attached hydrogen (secondary N) is 1. The fraction of sp³-hybridized carbons (Fsp3) is 0.133. The molecular weight excluding hydrogens is 394 g/mol. The lowest BCUT2D eigenvalue weighted by Gasteiger charge is -2.10. The molecule has 0 radical (unpaired) electrons. The quantitative estimate of drug-likeness (QED) is 0.667. The minimum absolute atomic E-state index is 0.152. The molecule has 0 aliphatic rings. The van der Waals surface area contributed by atoms with E-state index in [2.05, 4.69) is 5.10 Å². The van der Waals surface area contributed by atoms with Gasteiger partial charge in [0.15, 0.2) is 5.69 Å². The molecule has 138 valence electrons. The molecule has 0 bridgehead atoms. The van der Waals surface area contributed by atoms with Crippen LogP contribution in [-0.4, -0.2) is 18.3 Å². The van der Waals surface area contributed by atoms with Gasteiger partial charge in [0.05, 0.1) is 9.77 Å². The Labute approximate surface area is 149 Å². The number of nitrogens with zero attached hydrogens (tertiary/aromatic N) is 2. The van der Waals surface area contributed by atoms with Crippen molar-refractivity contribution >= 4 is 21.4 Å². The number of hydrogen-bond acceptors (Lipinski definition) is 4.